The van der Waals surface area contributed by atoms with Crippen molar-refractivity contribution in [2.75, 3.05) is 11.9 Å². The molecule has 0 aliphatic heterocycles. The van der Waals surface area contributed by atoms with Crippen LogP contribution < -0.4 is 10.6 Å². The Morgan fingerprint density at radius 1 is 0.944 bits per heavy atom. The zero-order valence-corrected chi connectivity index (χ0v) is 21.3. The van der Waals surface area contributed by atoms with E-state index in [4.69, 9.17) is 9.47 Å². The van der Waals surface area contributed by atoms with Gasteiger partial charge < -0.3 is 19.9 Å². The number of anilines is 1. The van der Waals surface area contributed by atoms with Crippen LogP contribution in [0.4, 0.5) is 15.3 Å². The van der Waals surface area contributed by atoms with Crippen LogP contribution in [0.15, 0.2) is 77.3 Å². The molecule has 1 atom stereocenters. The summed E-state index contributed by atoms with van der Waals surface area (Å²) in [6.45, 7) is 2.24. The summed E-state index contributed by atoms with van der Waals surface area (Å²) < 4.78 is 11.5. The molecule has 0 saturated carbocycles. The van der Waals surface area contributed by atoms with E-state index in [2.05, 4.69) is 26.6 Å². The van der Waals surface area contributed by atoms with Gasteiger partial charge in [-0.05, 0) is 53.4 Å². The smallest absolute Gasteiger partial charge is 0.411 e. The summed E-state index contributed by atoms with van der Waals surface area (Å²) in [4.78, 5) is 36.0. The summed E-state index contributed by atoms with van der Waals surface area (Å²) in [5.74, 6) is -1.09. The lowest BCUT2D eigenvalue weighted by Gasteiger charge is -2.18. The molecule has 2 amide bonds. The normalized spacial score (nSPS) is 11.3. The van der Waals surface area contributed by atoms with Gasteiger partial charge in [-0.3, -0.25) is 10.1 Å². The third-order valence-corrected chi connectivity index (χ3v) is 5.82. The average molecular weight is 555 g/mol. The van der Waals surface area contributed by atoms with Crippen molar-refractivity contribution in [3.63, 3.8) is 0 Å². The van der Waals surface area contributed by atoms with Crippen molar-refractivity contribution < 1.29 is 29.0 Å². The van der Waals surface area contributed by atoms with Gasteiger partial charge in [0.25, 0.3) is 0 Å². The predicted molar refractivity (Wildman–Crippen MR) is 139 cm³/mol. The second-order valence-corrected chi connectivity index (χ2v) is 8.98. The first-order chi connectivity index (χ1) is 17.3. The summed E-state index contributed by atoms with van der Waals surface area (Å²) in [5.41, 5.74) is 3.89. The van der Waals surface area contributed by atoms with Crippen molar-refractivity contribution in [3.8, 4) is 0 Å². The number of carboxylic acids is 1. The van der Waals surface area contributed by atoms with Gasteiger partial charge in [-0.25, -0.2) is 9.59 Å². The van der Waals surface area contributed by atoms with E-state index in [0.717, 1.165) is 21.2 Å². The van der Waals surface area contributed by atoms with E-state index in [9.17, 15) is 19.5 Å². The highest BCUT2D eigenvalue weighted by Gasteiger charge is 2.20. The zero-order chi connectivity index (χ0) is 25.9. The Hall–Kier alpha value is -3.85. The summed E-state index contributed by atoms with van der Waals surface area (Å²) >= 11 is 3.43. The van der Waals surface area contributed by atoms with Crippen LogP contribution in [0.25, 0.3) is 0 Å². The van der Waals surface area contributed by atoms with Crippen molar-refractivity contribution >= 4 is 39.8 Å². The van der Waals surface area contributed by atoms with Crippen LogP contribution in [0.2, 0.25) is 0 Å². The third kappa shape index (κ3) is 8.74. The monoisotopic (exact) mass is 554 g/mol. The number of rotatable bonds is 10. The average Bonchev–Trinajstić information content (AvgIpc) is 2.84. The van der Waals surface area contributed by atoms with Crippen LogP contribution in [0.5, 0.6) is 0 Å². The van der Waals surface area contributed by atoms with E-state index in [1.165, 1.54) is 0 Å². The number of hydrogen-bond donors (Lipinski definition) is 3. The minimum atomic E-state index is -1.09. The number of benzene rings is 3. The fourth-order valence-electron chi connectivity index (χ4n) is 3.51. The number of nitrogens with one attached hydrogen (secondary N) is 2. The second kappa shape index (κ2) is 13.3. The highest BCUT2D eigenvalue weighted by atomic mass is 79.9. The van der Waals surface area contributed by atoms with E-state index in [-0.39, 0.29) is 19.6 Å². The molecule has 188 valence electrons. The number of halogens is 1. The van der Waals surface area contributed by atoms with Gasteiger partial charge in [-0.2, -0.15) is 0 Å². The Bertz CT molecular complexity index is 1200. The van der Waals surface area contributed by atoms with Crippen molar-refractivity contribution in [2.24, 2.45) is 0 Å². The van der Waals surface area contributed by atoms with Crippen LogP contribution in [0, 0.1) is 6.92 Å². The topological polar surface area (TPSA) is 114 Å². The zero-order valence-electron chi connectivity index (χ0n) is 19.7. The largest absolute Gasteiger partial charge is 0.481 e. The molecule has 3 rings (SSSR count). The maximum Gasteiger partial charge on any atom is 0.411 e. The van der Waals surface area contributed by atoms with Crippen LogP contribution in [-0.2, 0) is 27.3 Å². The van der Waals surface area contributed by atoms with Gasteiger partial charge in [0.05, 0.1) is 19.1 Å². The maximum absolute atomic E-state index is 12.3. The van der Waals surface area contributed by atoms with Crippen molar-refractivity contribution in [2.45, 2.75) is 32.4 Å². The molecule has 0 spiro atoms. The van der Waals surface area contributed by atoms with Gasteiger partial charge in [0.1, 0.15) is 6.61 Å². The number of alkyl carbamates (subject to hydrolysis) is 1. The lowest BCUT2D eigenvalue weighted by molar-refractivity contribution is -0.137. The number of aliphatic carboxylic acids is 1. The standard InChI is InChI=1S/C27H27BrN2O6/c1-18-14-22(28)11-10-20(18)12-13-35-26(33)29-23-9-5-8-21(15-23)24(16-25(31)32)30-27(34)36-17-19-6-3-2-4-7-19/h2-11,14-15,24H,12-13,16-17H2,1H3,(H,29,33)(H,30,34)(H,31,32). The van der Waals surface area contributed by atoms with E-state index < -0.39 is 24.2 Å². The molecule has 0 fully saturated rings. The number of ether oxygens (including phenoxy) is 2. The molecule has 0 aromatic heterocycles. The van der Waals surface area contributed by atoms with Crippen LogP contribution in [0.3, 0.4) is 0 Å². The minimum Gasteiger partial charge on any atom is -0.481 e. The first kappa shape index (κ1) is 26.7. The molecule has 8 nitrogen and oxygen atoms in total. The van der Waals surface area contributed by atoms with E-state index in [1.807, 2.05) is 55.5 Å². The number of aryl methyl sites for hydroxylation is 1. The van der Waals surface area contributed by atoms with E-state index in [1.54, 1.807) is 24.3 Å². The predicted octanol–water partition coefficient (Wildman–Crippen LogP) is 5.99. The van der Waals surface area contributed by atoms with Crippen LogP contribution in [0.1, 0.15) is 34.7 Å². The molecule has 0 aliphatic rings. The molecule has 3 N–H and O–H groups in total. The fraction of sp³-hybridized carbons (Fsp3) is 0.222. The van der Waals surface area contributed by atoms with Crippen LogP contribution >= 0.6 is 15.9 Å². The number of hydrogen-bond acceptors (Lipinski definition) is 5. The molecule has 0 bridgehead atoms. The van der Waals surface area contributed by atoms with E-state index >= 15 is 0 Å². The number of carbonyl (C=O) groups is 3. The van der Waals surface area contributed by atoms with Gasteiger partial charge in [-0.15, -0.1) is 0 Å². The molecule has 36 heavy (non-hydrogen) atoms. The lowest BCUT2D eigenvalue weighted by Crippen LogP contribution is -2.30. The SMILES string of the molecule is Cc1cc(Br)ccc1CCOC(=O)Nc1cccc(C(CC(=O)O)NC(=O)OCc2ccccc2)c1. The lowest BCUT2D eigenvalue weighted by atomic mass is 10.0. The maximum atomic E-state index is 12.3. The Morgan fingerprint density at radius 3 is 2.44 bits per heavy atom. The molecule has 3 aromatic rings. The summed E-state index contributed by atoms with van der Waals surface area (Å²) in [5, 5.41) is 14.6. The molecular weight excluding hydrogens is 528 g/mol. The highest BCUT2D eigenvalue weighted by molar-refractivity contribution is 9.10. The molecule has 0 radical (unpaired) electrons. The van der Waals surface area contributed by atoms with Crippen molar-refractivity contribution in [1.82, 2.24) is 5.32 Å². The summed E-state index contributed by atoms with van der Waals surface area (Å²) in [7, 11) is 0. The Morgan fingerprint density at radius 2 is 1.72 bits per heavy atom. The molecule has 9 heteroatoms. The number of amides is 2. The molecule has 1 unspecified atom stereocenters. The Kier molecular flexibility index (Phi) is 9.88. The number of carbonyl (C=O) groups excluding carboxylic acids is 2. The Labute approximate surface area is 217 Å². The first-order valence-electron chi connectivity index (χ1n) is 11.3. The number of carboxylic acid groups (broad SMARTS) is 1. The molecule has 3 aromatic carbocycles. The second-order valence-electron chi connectivity index (χ2n) is 8.06. The fourth-order valence-corrected chi connectivity index (χ4v) is 3.99. The Balaban J connectivity index is 1.56. The highest BCUT2D eigenvalue weighted by Crippen LogP contribution is 2.22. The van der Waals surface area contributed by atoms with Crippen molar-refractivity contribution in [3.05, 3.63) is 99.5 Å². The molecule has 0 heterocycles. The summed E-state index contributed by atoms with van der Waals surface area (Å²) in [6.07, 6.45) is -1.17. The van der Waals surface area contributed by atoms with E-state index in [0.29, 0.717) is 17.7 Å². The third-order valence-electron chi connectivity index (χ3n) is 5.33. The summed E-state index contributed by atoms with van der Waals surface area (Å²) in [6, 6.07) is 20.8. The van der Waals surface area contributed by atoms with Gasteiger partial charge >= 0.3 is 18.2 Å². The van der Waals surface area contributed by atoms with Crippen LogP contribution in [-0.4, -0.2) is 29.9 Å². The van der Waals surface area contributed by atoms with Crippen molar-refractivity contribution in [1.29, 1.82) is 0 Å². The quantitative estimate of drug-likeness (QED) is 0.283. The van der Waals surface area contributed by atoms with Gasteiger partial charge in [-0.1, -0.05) is 64.5 Å². The van der Waals surface area contributed by atoms with Gasteiger partial charge in [0.15, 0.2) is 0 Å². The first-order valence-corrected chi connectivity index (χ1v) is 12.1. The molecular formula is C27H27BrN2O6. The minimum absolute atomic E-state index is 0.0552. The molecule has 0 aliphatic carbocycles. The van der Waals surface area contributed by atoms with Gasteiger partial charge in [0, 0.05) is 16.6 Å². The van der Waals surface area contributed by atoms with Gasteiger partial charge in [0.2, 0.25) is 0 Å². The molecule has 0 saturated heterocycles.